The number of carbonyl (C=O) groups excluding carboxylic acids is 1. The van der Waals surface area contributed by atoms with Crippen LogP contribution < -0.4 is 10.6 Å². The quantitative estimate of drug-likeness (QED) is 0.618. The fraction of sp³-hybridized carbons (Fsp3) is 0.250. The van der Waals surface area contributed by atoms with E-state index in [4.69, 9.17) is 0 Å². The summed E-state index contributed by atoms with van der Waals surface area (Å²) < 4.78 is 1.52. The van der Waals surface area contributed by atoms with E-state index in [-0.39, 0.29) is 17.8 Å². The SMILES string of the molecule is CNc1ccc(C(=O)NCc2ncn(C)n2)cc1[N+](=O)[O-]. The van der Waals surface area contributed by atoms with Gasteiger partial charge < -0.3 is 10.6 Å². The second kappa shape index (κ2) is 5.99. The summed E-state index contributed by atoms with van der Waals surface area (Å²) in [5, 5.41) is 20.3. The number of aryl methyl sites for hydroxylation is 1. The molecule has 0 aliphatic rings. The van der Waals surface area contributed by atoms with Crippen LogP contribution in [0.1, 0.15) is 16.2 Å². The van der Waals surface area contributed by atoms with Crippen LogP contribution in [0.25, 0.3) is 0 Å². The average molecular weight is 290 g/mol. The highest BCUT2D eigenvalue weighted by Crippen LogP contribution is 2.24. The number of hydrogen-bond acceptors (Lipinski definition) is 6. The Morgan fingerprint density at radius 3 is 2.81 bits per heavy atom. The van der Waals surface area contributed by atoms with E-state index in [1.165, 1.54) is 29.2 Å². The Labute approximate surface area is 120 Å². The van der Waals surface area contributed by atoms with Crippen LogP contribution in [0.5, 0.6) is 0 Å². The number of anilines is 1. The molecule has 0 aliphatic carbocycles. The third-order valence-electron chi connectivity index (χ3n) is 2.78. The first-order valence-electron chi connectivity index (χ1n) is 6.10. The van der Waals surface area contributed by atoms with Crippen LogP contribution in [0.4, 0.5) is 11.4 Å². The van der Waals surface area contributed by atoms with E-state index in [9.17, 15) is 14.9 Å². The monoisotopic (exact) mass is 290 g/mol. The van der Waals surface area contributed by atoms with Gasteiger partial charge in [0.1, 0.15) is 12.0 Å². The van der Waals surface area contributed by atoms with E-state index < -0.39 is 10.8 Å². The molecule has 0 unspecified atom stereocenters. The molecule has 1 aromatic heterocycles. The first kappa shape index (κ1) is 14.4. The standard InChI is InChI=1S/C12H14N6O3/c1-13-9-4-3-8(5-10(9)18(20)21)12(19)14-6-11-15-7-17(2)16-11/h3-5,7,13H,6H2,1-2H3,(H,14,19). The number of rotatable bonds is 5. The molecule has 9 heteroatoms. The maximum absolute atomic E-state index is 12.0. The van der Waals surface area contributed by atoms with Crippen molar-refractivity contribution in [1.82, 2.24) is 20.1 Å². The molecular formula is C12H14N6O3. The number of nitrogens with one attached hydrogen (secondary N) is 2. The van der Waals surface area contributed by atoms with Crippen molar-refractivity contribution >= 4 is 17.3 Å². The van der Waals surface area contributed by atoms with Crippen molar-refractivity contribution in [2.24, 2.45) is 7.05 Å². The van der Waals surface area contributed by atoms with Gasteiger partial charge >= 0.3 is 0 Å². The van der Waals surface area contributed by atoms with Gasteiger partial charge in [-0.15, -0.1) is 0 Å². The van der Waals surface area contributed by atoms with Gasteiger partial charge in [0.25, 0.3) is 11.6 Å². The number of nitro benzene ring substituents is 1. The second-order valence-electron chi connectivity index (χ2n) is 4.26. The smallest absolute Gasteiger partial charge is 0.293 e. The van der Waals surface area contributed by atoms with E-state index in [1.807, 2.05) is 0 Å². The third kappa shape index (κ3) is 3.32. The van der Waals surface area contributed by atoms with Crippen LogP contribution in [0.2, 0.25) is 0 Å². The Bertz CT molecular complexity index is 681. The van der Waals surface area contributed by atoms with Gasteiger partial charge in [-0.05, 0) is 12.1 Å². The Morgan fingerprint density at radius 2 is 2.24 bits per heavy atom. The molecule has 2 aromatic rings. The van der Waals surface area contributed by atoms with Crippen molar-refractivity contribution in [1.29, 1.82) is 0 Å². The largest absolute Gasteiger partial charge is 0.383 e. The number of benzene rings is 1. The molecule has 2 N–H and O–H groups in total. The number of carbonyl (C=O) groups is 1. The van der Waals surface area contributed by atoms with Crippen molar-refractivity contribution in [2.75, 3.05) is 12.4 Å². The first-order valence-corrected chi connectivity index (χ1v) is 6.10. The van der Waals surface area contributed by atoms with E-state index in [2.05, 4.69) is 20.7 Å². The molecular weight excluding hydrogens is 276 g/mol. The van der Waals surface area contributed by atoms with Crippen molar-refractivity contribution in [2.45, 2.75) is 6.54 Å². The van der Waals surface area contributed by atoms with Crippen LogP contribution >= 0.6 is 0 Å². The summed E-state index contributed by atoms with van der Waals surface area (Å²) in [5.41, 5.74) is 0.403. The molecule has 2 rings (SSSR count). The Kier molecular flexibility index (Phi) is 4.12. The molecule has 0 bridgehead atoms. The van der Waals surface area contributed by atoms with Crippen LogP contribution in [0.3, 0.4) is 0 Å². The molecule has 9 nitrogen and oxygen atoms in total. The second-order valence-corrected chi connectivity index (χ2v) is 4.26. The highest BCUT2D eigenvalue weighted by Gasteiger charge is 2.16. The lowest BCUT2D eigenvalue weighted by Crippen LogP contribution is -2.23. The van der Waals surface area contributed by atoms with Crippen LogP contribution in [0.15, 0.2) is 24.5 Å². The third-order valence-corrected chi connectivity index (χ3v) is 2.78. The summed E-state index contributed by atoms with van der Waals surface area (Å²) in [7, 11) is 3.30. The van der Waals surface area contributed by atoms with Crippen molar-refractivity contribution < 1.29 is 9.72 Å². The minimum Gasteiger partial charge on any atom is -0.383 e. The van der Waals surface area contributed by atoms with Gasteiger partial charge in [0, 0.05) is 25.7 Å². The maximum Gasteiger partial charge on any atom is 0.293 e. The summed E-state index contributed by atoms with van der Waals surface area (Å²) in [4.78, 5) is 26.4. The zero-order valence-electron chi connectivity index (χ0n) is 11.5. The van der Waals surface area contributed by atoms with Gasteiger partial charge in [-0.2, -0.15) is 5.10 Å². The van der Waals surface area contributed by atoms with Crippen LogP contribution in [-0.2, 0) is 13.6 Å². The predicted molar refractivity (Wildman–Crippen MR) is 74.8 cm³/mol. The number of hydrogen-bond donors (Lipinski definition) is 2. The van der Waals surface area contributed by atoms with Crippen LogP contribution in [0, 0.1) is 10.1 Å². The molecule has 110 valence electrons. The molecule has 1 heterocycles. The molecule has 0 radical (unpaired) electrons. The number of nitrogens with zero attached hydrogens (tertiary/aromatic N) is 4. The number of nitro groups is 1. The van der Waals surface area contributed by atoms with Crippen molar-refractivity contribution in [3.05, 3.63) is 46.0 Å². The normalized spacial score (nSPS) is 10.2. The van der Waals surface area contributed by atoms with Crippen molar-refractivity contribution in [3.63, 3.8) is 0 Å². The van der Waals surface area contributed by atoms with Gasteiger partial charge in [-0.3, -0.25) is 19.6 Å². The first-order chi connectivity index (χ1) is 10.0. The highest BCUT2D eigenvalue weighted by molar-refractivity contribution is 5.95. The lowest BCUT2D eigenvalue weighted by atomic mass is 10.1. The fourth-order valence-electron chi connectivity index (χ4n) is 1.76. The topological polar surface area (TPSA) is 115 Å². The van der Waals surface area contributed by atoms with Crippen LogP contribution in [-0.4, -0.2) is 32.6 Å². The van der Waals surface area contributed by atoms with Gasteiger partial charge in [0.2, 0.25) is 0 Å². The maximum atomic E-state index is 12.0. The van der Waals surface area contributed by atoms with E-state index in [0.717, 1.165) is 0 Å². The van der Waals surface area contributed by atoms with Crippen molar-refractivity contribution in [3.8, 4) is 0 Å². The Hall–Kier alpha value is -2.97. The Balaban J connectivity index is 2.12. The predicted octanol–water partition coefficient (Wildman–Crippen LogP) is 0.695. The molecule has 0 fully saturated rings. The molecule has 0 aliphatic heterocycles. The van der Waals surface area contributed by atoms with E-state index >= 15 is 0 Å². The van der Waals surface area contributed by atoms with Gasteiger partial charge in [0.15, 0.2) is 5.82 Å². The van der Waals surface area contributed by atoms with E-state index in [1.54, 1.807) is 14.1 Å². The molecule has 1 amide bonds. The highest BCUT2D eigenvalue weighted by atomic mass is 16.6. The minimum atomic E-state index is -0.539. The summed E-state index contributed by atoms with van der Waals surface area (Å²) in [6, 6.07) is 4.24. The van der Waals surface area contributed by atoms with E-state index in [0.29, 0.717) is 11.5 Å². The van der Waals surface area contributed by atoms with Gasteiger partial charge in [-0.25, -0.2) is 4.98 Å². The van der Waals surface area contributed by atoms with Gasteiger partial charge in [-0.1, -0.05) is 0 Å². The lowest BCUT2D eigenvalue weighted by Gasteiger charge is -2.06. The zero-order chi connectivity index (χ0) is 15.4. The summed E-state index contributed by atoms with van der Waals surface area (Å²) in [5.74, 6) is 0.0420. The number of aromatic nitrogens is 3. The molecule has 0 atom stereocenters. The lowest BCUT2D eigenvalue weighted by molar-refractivity contribution is -0.384. The molecule has 0 spiro atoms. The summed E-state index contributed by atoms with van der Waals surface area (Å²) in [6.07, 6.45) is 1.52. The molecule has 1 aromatic carbocycles. The Morgan fingerprint density at radius 1 is 1.48 bits per heavy atom. The zero-order valence-corrected chi connectivity index (χ0v) is 11.5. The molecule has 0 saturated heterocycles. The minimum absolute atomic E-state index is 0.152. The number of amides is 1. The summed E-state index contributed by atoms with van der Waals surface area (Å²) in [6.45, 7) is 0.154. The average Bonchev–Trinajstić information content (AvgIpc) is 2.89. The summed E-state index contributed by atoms with van der Waals surface area (Å²) >= 11 is 0. The molecule has 0 saturated carbocycles. The van der Waals surface area contributed by atoms with Gasteiger partial charge in [0.05, 0.1) is 11.5 Å². The molecule has 21 heavy (non-hydrogen) atoms. The fourth-order valence-corrected chi connectivity index (χ4v) is 1.76.